The highest BCUT2D eigenvalue weighted by molar-refractivity contribution is 5.75. The lowest BCUT2D eigenvalue weighted by molar-refractivity contribution is 1.15. The summed E-state index contributed by atoms with van der Waals surface area (Å²) < 4.78 is 0. The summed E-state index contributed by atoms with van der Waals surface area (Å²) in [5.74, 6) is 0.573. The fourth-order valence-electron chi connectivity index (χ4n) is 2.42. The minimum Gasteiger partial charge on any atom is -0.256 e. The van der Waals surface area contributed by atoms with E-state index < -0.39 is 0 Å². The molecule has 1 heteroatoms. The molecular weight excluding hydrogens is 254 g/mol. The average Bonchev–Trinajstić information content (AvgIpc) is 3.31. The van der Waals surface area contributed by atoms with Crippen molar-refractivity contribution in [1.82, 2.24) is 4.98 Å². The Bertz CT molecular complexity index is 687. The summed E-state index contributed by atoms with van der Waals surface area (Å²) in [6, 6.07) is 0. The predicted octanol–water partition coefficient (Wildman–Crippen LogP) is 4.33. The molecule has 1 atom stereocenters. The molecule has 0 radical (unpaired) electrons. The number of hydrogen-bond donors (Lipinski definition) is 0. The highest BCUT2D eigenvalue weighted by Gasteiger charge is 2.23. The standard InChI is InChI=1S/C15H11N.2C2H6.CH4/c1-2-4-10-9-16-15-8-12-6-11(12)7-14(15)13(10)5-3-1;2*1-2;/h2-9,12H,1H2;2*1-2H3;1H4. The van der Waals surface area contributed by atoms with Gasteiger partial charge in [0.25, 0.3) is 0 Å². The Balaban J connectivity index is 0.000000410. The third-order valence-electron chi connectivity index (χ3n) is 3.37. The van der Waals surface area contributed by atoms with Crippen LogP contribution in [0.15, 0.2) is 30.0 Å². The van der Waals surface area contributed by atoms with Crippen molar-refractivity contribution < 1.29 is 0 Å². The van der Waals surface area contributed by atoms with Gasteiger partial charge in [-0.25, -0.2) is 0 Å². The molecule has 0 saturated carbocycles. The Labute approximate surface area is 129 Å². The summed E-state index contributed by atoms with van der Waals surface area (Å²) in [6.45, 7) is 8.00. The first-order valence-electron chi connectivity index (χ1n) is 7.69. The Morgan fingerprint density at radius 1 is 1.00 bits per heavy atom. The van der Waals surface area contributed by atoms with Crippen LogP contribution in [0.4, 0.5) is 0 Å². The Morgan fingerprint density at radius 2 is 1.71 bits per heavy atom. The summed E-state index contributed by atoms with van der Waals surface area (Å²) in [6.07, 6.45) is 18.6. The molecule has 1 aromatic heterocycles. The first-order chi connectivity index (χ1) is 9.92. The lowest BCUT2D eigenvalue weighted by atomic mass is 10.0. The first kappa shape index (κ1) is 17.2. The lowest BCUT2D eigenvalue weighted by Gasteiger charge is -2.05. The number of allylic oxidation sites excluding steroid dienone is 4. The van der Waals surface area contributed by atoms with Crippen LogP contribution in [0.5, 0.6) is 0 Å². The van der Waals surface area contributed by atoms with Crippen molar-refractivity contribution in [1.29, 1.82) is 0 Å². The number of pyridine rings is 1. The first-order valence-corrected chi connectivity index (χ1v) is 7.69. The molecule has 0 amide bonds. The van der Waals surface area contributed by atoms with Crippen molar-refractivity contribution in [3.8, 4) is 0 Å². The van der Waals surface area contributed by atoms with Crippen molar-refractivity contribution in [2.24, 2.45) is 5.92 Å². The van der Waals surface area contributed by atoms with Crippen molar-refractivity contribution in [2.75, 3.05) is 0 Å². The van der Waals surface area contributed by atoms with Gasteiger partial charge in [0.2, 0.25) is 0 Å². The molecule has 0 saturated heterocycles. The topological polar surface area (TPSA) is 12.9 Å². The molecule has 21 heavy (non-hydrogen) atoms. The Kier molecular flexibility index (Phi) is 6.36. The second-order valence-corrected chi connectivity index (χ2v) is 4.47. The zero-order valence-corrected chi connectivity index (χ0v) is 12.9. The monoisotopic (exact) mass is 281 g/mol. The summed E-state index contributed by atoms with van der Waals surface area (Å²) in [7, 11) is 0. The van der Waals surface area contributed by atoms with E-state index in [4.69, 9.17) is 0 Å². The summed E-state index contributed by atoms with van der Waals surface area (Å²) in [4.78, 5) is 4.55. The third kappa shape index (κ3) is 3.41. The van der Waals surface area contributed by atoms with Crippen LogP contribution in [0.2, 0.25) is 0 Å². The van der Waals surface area contributed by atoms with E-state index in [0.717, 1.165) is 11.8 Å². The number of nitrogens with zero attached hydrogens (tertiary/aromatic N) is 1. The second kappa shape index (κ2) is 7.78. The van der Waals surface area contributed by atoms with E-state index in [1.165, 1.54) is 21.9 Å². The highest BCUT2D eigenvalue weighted by Crippen LogP contribution is 2.32. The van der Waals surface area contributed by atoms with Crippen molar-refractivity contribution in [3.05, 3.63) is 51.7 Å². The van der Waals surface area contributed by atoms with Crippen molar-refractivity contribution in [3.63, 3.8) is 0 Å². The number of aromatic nitrogens is 1. The molecule has 1 aromatic rings. The average molecular weight is 281 g/mol. The van der Waals surface area contributed by atoms with Crippen LogP contribution in [0, 0.1) is 5.92 Å². The lowest BCUT2D eigenvalue weighted by Crippen LogP contribution is -2.33. The van der Waals surface area contributed by atoms with Crippen LogP contribution < -0.4 is 10.6 Å². The maximum atomic E-state index is 4.55. The quantitative estimate of drug-likeness (QED) is 0.689. The molecule has 0 aliphatic heterocycles. The van der Waals surface area contributed by atoms with E-state index in [9.17, 15) is 0 Å². The highest BCUT2D eigenvalue weighted by atomic mass is 14.6. The largest absolute Gasteiger partial charge is 0.256 e. The normalized spacial score (nSPS) is 18.1. The van der Waals surface area contributed by atoms with E-state index >= 15 is 0 Å². The maximum absolute atomic E-state index is 4.55. The van der Waals surface area contributed by atoms with Gasteiger partial charge in [-0.3, -0.25) is 4.98 Å². The maximum Gasteiger partial charge on any atom is 0.0678 e. The van der Waals surface area contributed by atoms with Gasteiger partial charge in [-0.1, -0.05) is 65.5 Å². The zero-order valence-electron chi connectivity index (χ0n) is 12.9. The van der Waals surface area contributed by atoms with E-state index in [0.29, 0.717) is 5.92 Å². The van der Waals surface area contributed by atoms with Gasteiger partial charge in [-0.15, -0.1) is 0 Å². The van der Waals surface area contributed by atoms with Crippen molar-refractivity contribution >= 4 is 24.3 Å². The molecule has 1 heterocycles. The van der Waals surface area contributed by atoms with E-state index in [1.807, 2.05) is 33.9 Å². The molecule has 112 valence electrons. The van der Waals surface area contributed by atoms with Crippen LogP contribution in [-0.4, -0.2) is 4.98 Å². The predicted molar refractivity (Wildman–Crippen MR) is 96.1 cm³/mol. The van der Waals surface area contributed by atoms with Crippen molar-refractivity contribution in [2.45, 2.75) is 41.5 Å². The van der Waals surface area contributed by atoms with Crippen LogP contribution in [0.1, 0.15) is 52.7 Å². The summed E-state index contributed by atoms with van der Waals surface area (Å²) >= 11 is 0. The molecule has 0 spiro atoms. The Hall–Kier alpha value is -1.89. The van der Waals surface area contributed by atoms with Gasteiger partial charge in [0, 0.05) is 22.9 Å². The second-order valence-electron chi connectivity index (χ2n) is 4.47. The zero-order chi connectivity index (χ0) is 14.5. The fraction of sp³-hybridized carbons (Fsp3) is 0.350. The smallest absolute Gasteiger partial charge is 0.0678 e. The third-order valence-corrected chi connectivity index (χ3v) is 3.37. The molecule has 0 N–H and O–H groups in total. The molecule has 3 aliphatic rings. The minimum absolute atomic E-state index is 0. The van der Waals surface area contributed by atoms with E-state index in [1.54, 1.807) is 0 Å². The Morgan fingerprint density at radius 3 is 2.48 bits per heavy atom. The molecule has 0 fully saturated rings. The molecule has 4 rings (SSSR count). The van der Waals surface area contributed by atoms with E-state index in [-0.39, 0.29) is 7.43 Å². The SMILES string of the molecule is C.C1=Cc2cnc3c(c2C=CC1)=CC1=CC1C=3.CC.CC. The van der Waals surface area contributed by atoms with Gasteiger partial charge in [0.15, 0.2) is 0 Å². The molecule has 1 unspecified atom stereocenters. The van der Waals surface area contributed by atoms with Crippen LogP contribution >= 0.6 is 0 Å². The molecule has 0 aromatic carbocycles. The van der Waals surface area contributed by atoms with Crippen LogP contribution in [-0.2, 0) is 0 Å². The molecular formula is C20H27N. The van der Waals surface area contributed by atoms with Gasteiger partial charge in [-0.05, 0) is 29.7 Å². The van der Waals surface area contributed by atoms with Crippen LogP contribution in [0.25, 0.3) is 24.3 Å². The summed E-state index contributed by atoms with van der Waals surface area (Å²) in [5, 5.41) is 2.43. The van der Waals surface area contributed by atoms with Gasteiger partial charge >= 0.3 is 0 Å². The number of rotatable bonds is 0. The minimum atomic E-state index is 0. The molecule has 3 aliphatic carbocycles. The number of fused-ring (bicyclic) bond motifs is 4. The van der Waals surface area contributed by atoms with Gasteiger partial charge in [0.05, 0.1) is 5.35 Å². The fourth-order valence-corrected chi connectivity index (χ4v) is 2.42. The molecule has 0 bridgehead atoms. The van der Waals surface area contributed by atoms with E-state index in [2.05, 4.69) is 47.5 Å². The van der Waals surface area contributed by atoms with Gasteiger partial charge in [-0.2, -0.15) is 0 Å². The van der Waals surface area contributed by atoms with Gasteiger partial charge in [0.1, 0.15) is 0 Å². The van der Waals surface area contributed by atoms with Crippen LogP contribution in [0.3, 0.4) is 0 Å². The number of hydrogen-bond acceptors (Lipinski definition) is 1. The molecule has 1 nitrogen and oxygen atoms in total. The van der Waals surface area contributed by atoms with Gasteiger partial charge < -0.3 is 0 Å². The summed E-state index contributed by atoms with van der Waals surface area (Å²) in [5.41, 5.74) is 4.00.